The van der Waals surface area contributed by atoms with E-state index < -0.39 is 6.61 Å². The first-order chi connectivity index (χ1) is 11.0. The highest BCUT2D eigenvalue weighted by Crippen LogP contribution is 2.24. The molecule has 0 radical (unpaired) electrons. The van der Waals surface area contributed by atoms with Gasteiger partial charge in [-0.3, -0.25) is 4.99 Å². The van der Waals surface area contributed by atoms with E-state index in [0.717, 1.165) is 19.6 Å². The number of alkyl halides is 2. The van der Waals surface area contributed by atoms with Crippen LogP contribution in [0.5, 0.6) is 5.75 Å². The van der Waals surface area contributed by atoms with E-state index in [1.807, 2.05) is 7.05 Å². The van der Waals surface area contributed by atoms with Crippen LogP contribution >= 0.6 is 11.6 Å². The Morgan fingerprint density at radius 1 is 1.39 bits per heavy atom. The minimum atomic E-state index is -2.88. The van der Waals surface area contributed by atoms with Crippen molar-refractivity contribution < 1.29 is 13.5 Å². The van der Waals surface area contributed by atoms with Gasteiger partial charge in [0.1, 0.15) is 5.75 Å². The van der Waals surface area contributed by atoms with Gasteiger partial charge in [-0.1, -0.05) is 18.5 Å². The number of benzene rings is 1. The zero-order chi connectivity index (χ0) is 17.2. The van der Waals surface area contributed by atoms with E-state index in [1.54, 1.807) is 13.1 Å². The minimum absolute atomic E-state index is 0.0954. The van der Waals surface area contributed by atoms with Crippen LogP contribution in [0.25, 0.3) is 0 Å². The van der Waals surface area contributed by atoms with E-state index >= 15 is 0 Å². The Morgan fingerprint density at radius 3 is 2.74 bits per heavy atom. The van der Waals surface area contributed by atoms with Crippen molar-refractivity contribution in [2.24, 2.45) is 4.99 Å². The minimum Gasteiger partial charge on any atom is -0.434 e. The van der Waals surface area contributed by atoms with Crippen LogP contribution in [0.2, 0.25) is 5.02 Å². The highest BCUT2D eigenvalue weighted by Gasteiger charge is 2.11. The van der Waals surface area contributed by atoms with Gasteiger partial charge in [0.05, 0.1) is 0 Å². The lowest BCUT2D eigenvalue weighted by Gasteiger charge is -2.17. The summed E-state index contributed by atoms with van der Waals surface area (Å²) in [6, 6.07) is 4.53. The third-order valence-electron chi connectivity index (χ3n) is 3.23. The van der Waals surface area contributed by atoms with Gasteiger partial charge in [-0.15, -0.1) is 0 Å². The number of hydrogen-bond acceptors (Lipinski definition) is 3. The smallest absolute Gasteiger partial charge is 0.387 e. The Kier molecular flexibility index (Phi) is 8.65. The van der Waals surface area contributed by atoms with Crippen molar-refractivity contribution >= 4 is 17.6 Å². The molecule has 0 saturated carbocycles. The summed E-state index contributed by atoms with van der Waals surface area (Å²) < 4.78 is 29.3. The largest absolute Gasteiger partial charge is 0.434 e. The SMILES string of the molecule is CCN(C)CCNC(=NC)NCc1cc(Cl)ccc1OC(F)F. The van der Waals surface area contributed by atoms with Crippen molar-refractivity contribution in [3.05, 3.63) is 28.8 Å². The van der Waals surface area contributed by atoms with Crippen LogP contribution in [-0.4, -0.2) is 51.2 Å². The highest BCUT2D eigenvalue weighted by molar-refractivity contribution is 6.30. The number of halogens is 3. The summed E-state index contributed by atoms with van der Waals surface area (Å²) in [5.74, 6) is 0.676. The second-order valence-electron chi connectivity index (χ2n) is 4.88. The molecule has 0 aromatic heterocycles. The zero-order valence-corrected chi connectivity index (χ0v) is 14.3. The highest BCUT2D eigenvalue weighted by atomic mass is 35.5. The summed E-state index contributed by atoms with van der Waals surface area (Å²) in [5.41, 5.74) is 0.534. The van der Waals surface area contributed by atoms with E-state index in [2.05, 4.69) is 32.2 Å². The van der Waals surface area contributed by atoms with Crippen LogP contribution in [-0.2, 0) is 6.54 Å². The van der Waals surface area contributed by atoms with Gasteiger partial charge in [-0.05, 0) is 31.8 Å². The van der Waals surface area contributed by atoms with Crippen molar-refractivity contribution in [2.45, 2.75) is 20.1 Å². The quantitative estimate of drug-likeness (QED) is 0.560. The molecule has 0 spiro atoms. The molecule has 0 aliphatic rings. The van der Waals surface area contributed by atoms with Crippen molar-refractivity contribution in [3.63, 3.8) is 0 Å². The van der Waals surface area contributed by atoms with Crippen LogP contribution in [0.15, 0.2) is 23.2 Å². The van der Waals surface area contributed by atoms with Crippen LogP contribution in [0.1, 0.15) is 12.5 Å². The third kappa shape index (κ3) is 7.47. The van der Waals surface area contributed by atoms with Gasteiger partial charge in [0.2, 0.25) is 0 Å². The van der Waals surface area contributed by atoms with Gasteiger partial charge in [0.15, 0.2) is 5.96 Å². The Morgan fingerprint density at radius 2 is 2.13 bits per heavy atom. The molecule has 2 N–H and O–H groups in total. The summed E-state index contributed by atoms with van der Waals surface area (Å²) in [7, 11) is 3.67. The first-order valence-electron chi connectivity index (χ1n) is 7.32. The summed E-state index contributed by atoms with van der Waals surface area (Å²) in [5, 5.41) is 6.66. The first kappa shape index (κ1) is 19.4. The number of rotatable bonds is 8. The van der Waals surface area contributed by atoms with E-state index in [4.69, 9.17) is 11.6 Å². The molecule has 0 atom stereocenters. The van der Waals surface area contributed by atoms with Crippen LogP contribution < -0.4 is 15.4 Å². The first-order valence-corrected chi connectivity index (χ1v) is 7.70. The fourth-order valence-corrected chi connectivity index (χ4v) is 2.01. The summed E-state index contributed by atoms with van der Waals surface area (Å²) >= 11 is 5.91. The lowest BCUT2D eigenvalue weighted by atomic mass is 10.2. The molecule has 1 rings (SSSR count). The summed E-state index contributed by atoms with van der Waals surface area (Å²) in [4.78, 5) is 6.25. The molecule has 0 saturated heterocycles. The summed E-state index contributed by atoms with van der Waals surface area (Å²) in [6.45, 7) is 2.03. The number of nitrogens with zero attached hydrogens (tertiary/aromatic N) is 2. The zero-order valence-electron chi connectivity index (χ0n) is 13.6. The predicted molar refractivity (Wildman–Crippen MR) is 89.5 cm³/mol. The second kappa shape index (κ2) is 10.2. The Bertz CT molecular complexity index is 514. The maximum Gasteiger partial charge on any atom is 0.387 e. The molecule has 0 aliphatic carbocycles. The monoisotopic (exact) mass is 348 g/mol. The van der Waals surface area contributed by atoms with Crippen LogP contribution in [0.3, 0.4) is 0 Å². The molecule has 23 heavy (non-hydrogen) atoms. The second-order valence-corrected chi connectivity index (χ2v) is 5.32. The van der Waals surface area contributed by atoms with Crippen LogP contribution in [0, 0.1) is 0 Å². The third-order valence-corrected chi connectivity index (χ3v) is 3.47. The van der Waals surface area contributed by atoms with E-state index in [1.165, 1.54) is 12.1 Å². The van der Waals surface area contributed by atoms with Crippen molar-refractivity contribution in [1.29, 1.82) is 0 Å². The van der Waals surface area contributed by atoms with E-state index in [9.17, 15) is 8.78 Å². The Labute approximate surface area is 140 Å². The van der Waals surface area contributed by atoms with Crippen molar-refractivity contribution in [1.82, 2.24) is 15.5 Å². The number of aliphatic imine (C=N–C) groups is 1. The fourth-order valence-electron chi connectivity index (χ4n) is 1.82. The molecule has 0 heterocycles. The van der Waals surface area contributed by atoms with Gasteiger partial charge in [0.25, 0.3) is 0 Å². The molecular formula is C15H23ClF2N4O. The van der Waals surface area contributed by atoms with Gasteiger partial charge in [-0.2, -0.15) is 8.78 Å². The lowest BCUT2D eigenvalue weighted by Crippen LogP contribution is -2.40. The van der Waals surface area contributed by atoms with Crippen molar-refractivity contribution in [3.8, 4) is 5.75 Å². The molecule has 0 unspecified atom stereocenters. The molecule has 130 valence electrons. The molecule has 5 nitrogen and oxygen atoms in total. The molecule has 0 aliphatic heterocycles. The Hall–Kier alpha value is -1.60. The van der Waals surface area contributed by atoms with Gasteiger partial charge < -0.3 is 20.3 Å². The molecule has 8 heteroatoms. The normalized spacial score (nSPS) is 11.9. The van der Waals surface area contributed by atoms with E-state index in [-0.39, 0.29) is 12.3 Å². The fraction of sp³-hybridized carbons (Fsp3) is 0.533. The van der Waals surface area contributed by atoms with Crippen molar-refractivity contribution in [2.75, 3.05) is 33.7 Å². The topological polar surface area (TPSA) is 48.9 Å². The predicted octanol–water partition coefficient (Wildman–Crippen LogP) is 2.56. The molecule has 1 aromatic rings. The average molecular weight is 349 g/mol. The molecule has 0 amide bonds. The van der Waals surface area contributed by atoms with Gasteiger partial charge >= 0.3 is 6.61 Å². The number of nitrogens with one attached hydrogen (secondary N) is 2. The molecular weight excluding hydrogens is 326 g/mol. The lowest BCUT2D eigenvalue weighted by molar-refractivity contribution is -0.0504. The van der Waals surface area contributed by atoms with Gasteiger partial charge in [-0.25, -0.2) is 0 Å². The maximum atomic E-state index is 12.4. The molecule has 0 fully saturated rings. The number of guanidine groups is 1. The number of hydrogen-bond donors (Lipinski definition) is 2. The average Bonchev–Trinajstić information content (AvgIpc) is 2.52. The number of likely N-dealkylation sites (N-methyl/N-ethyl adjacent to an activating group) is 1. The standard InChI is InChI=1S/C15H23ClF2N4O/c1-4-22(3)8-7-20-15(19-2)21-10-11-9-12(16)5-6-13(11)23-14(17)18/h5-6,9,14H,4,7-8,10H2,1-3H3,(H2,19,20,21). The van der Waals surface area contributed by atoms with E-state index in [0.29, 0.717) is 16.5 Å². The Balaban J connectivity index is 2.59. The number of ether oxygens (including phenoxy) is 1. The molecule has 0 bridgehead atoms. The van der Waals surface area contributed by atoms with Gasteiger partial charge in [0, 0.05) is 37.3 Å². The maximum absolute atomic E-state index is 12.4. The summed E-state index contributed by atoms with van der Waals surface area (Å²) in [6.07, 6.45) is 0. The van der Waals surface area contributed by atoms with Crippen LogP contribution in [0.4, 0.5) is 8.78 Å². The molecule has 1 aromatic carbocycles.